The molecule has 2 aromatic heterocycles. The van der Waals surface area contributed by atoms with Crippen LogP contribution in [0.1, 0.15) is 11.4 Å². The van der Waals surface area contributed by atoms with E-state index in [0.29, 0.717) is 0 Å². The number of hydrogen-bond donors (Lipinski definition) is 0. The molecule has 7 heteroatoms. The highest BCUT2D eigenvalue weighted by Gasteiger charge is 2.08. The molecule has 4 nitrogen and oxygen atoms in total. The Bertz CT molecular complexity index is 674. The molecule has 0 saturated carbocycles. The fourth-order valence-corrected chi connectivity index (χ4v) is 3.49. The maximum Gasteiger partial charge on any atom is 0.235 e. The van der Waals surface area contributed by atoms with Crippen LogP contribution in [0.25, 0.3) is 4.96 Å². The van der Waals surface area contributed by atoms with Gasteiger partial charge in [0.2, 0.25) is 4.96 Å². The number of halogens is 1. The van der Waals surface area contributed by atoms with Crippen LogP contribution in [0.2, 0.25) is 5.02 Å². The summed E-state index contributed by atoms with van der Waals surface area (Å²) in [5.74, 6) is 1.69. The van der Waals surface area contributed by atoms with Gasteiger partial charge in [-0.1, -0.05) is 46.8 Å². The topological polar surface area (TPSA) is 43.1 Å². The molecule has 0 spiro atoms. The first-order valence-electron chi connectivity index (χ1n) is 5.28. The van der Waals surface area contributed by atoms with Gasteiger partial charge >= 0.3 is 0 Å². The van der Waals surface area contributed by atoms with E-state index in [2.05, 4.69) is 15.3 Å². The molecule has 0 aliphatic carbocycles. The molecule has 2 heterocycles. The number of nitrogens with zero attached hydrogens (tertiary/aromatic N) is 4. The highest BCUT2D eigenvalue weighted by atomic mass is 35.5. The van der Waals surface area contributed by atoms with E-state index in [0.717, 1.165) is 25.9 Å². The Labute approximate surface area is 117 Å². The van der Waals surface area contributed by atoms with Gasteiger partial charge in [0.15, 0.2) is 10.2 Å². The molecule has 3 aromatic rings. The molecular formula is C11H9ClN4S2. The molecule has 0 aliphatic heterocycles. The van der Waals surface area contributed by atoms with Gasteiger partial charge in [-0.25, -0.2) is 0 Å². The van der Waals surface area contributed by atoms with E-state index in [1.54, 1.807) is 27.6 Å². The first-order chi connectivity index (χ1) is 8.72. The number of hydrogen-bond acceptors (Lipinski definition) is 5. The van der Waals surface area contributed by atoms with E-state index in [1.807, 2.05) is 31.2 Å². The maximum absolute atomic E-state index is 5.85. The van der Waals surface area contributed by atoms with Gasteiger partial charge < -0.3 is 0 Å². The van der Waals surface area contributed by atoms with Gasteiger partial charge in [0.05, 0.1) is 0 Å². The normalized spacial score (nSPS) is 11.2. The van der Waals surface area contributed by atoms with E-state index in [1.165, 1.54) is 5.56 Å². The van der Waals surface area contributed by atoms with Crippen molar-refractivity contribution in [2.24, 2.45) is 0 Å². The maximum atomic E-state index is 5.85. The van der Waals surface area contributed by atoms with Gasteiger partial charge in [-0.3, -0.25) is 0 Å². The molecule has 0 N–H and O–H groups in total. The highest BCUT2D eigenvalue weighted by molar-refractivity contribution is 8.00. The summed E-state index contributed by atoms with van der Waals surface area (Å²) in [6.45, 7) is 1.90. The number of rotatable bonds is 3. The molecular weight excluding hydrogens is 288 g/mol. The SMILES string of the molecule is Cc1nnc2sc(SCc3ccc(Cl)cc3)nn12. The Morgan fingerprint density at radius 2 is 2.06 bits per heavy atom. The lowest BCUT2D eigenvalue weighted by atomic mass is 10.2. The number of benzene rings is 1. The number of fused-ring (bicyclic) bond motifs is 1. The Morgan fingerprint density at radius 1 is 1.28 bits per heavy atom. The lowest BCUT2D eigenvalue weighted by Gasteiger charge is -1.98. The molecule has 92 valence electrons. The molecule has 0 fully saturated rings. The molecule has 0 unspecified atom stereocenters. The second kappa shape index (κ2) is 4.87. The minimum absolute atomic E-state index is 0.762. The van der Waals surface area contributed by atoms with Crippen LogP contribution in [0.5, 0.6) is 0 Å². The van der Waals surface area contributed by atoms with Crippen molar-refractivity contribution in [3.8, 4) is 0 Å². The molecule has 0 aliphatic rings. The largest absolute Gasteiger partial charge is 0.235 e. The van der Waals surface area contributed by atoms with E-state index >= 15 is 0 Å². The molecule has 0 radical (unpaired) electrons. The second-order valence-electron chi connectivity index (χ2n) is 3.72. The van der Waals surface area contributed by atoms with Crippen LogP contribution in [0.4, 0.5) is 0 Å². The Kier molecular flexibility index (Phi) is 3.23. The van der Waals surface area contributed by atoms with Gasteiger partial charge in [-0.15, -0.1) is 15.3 Å². The van der Waals surface area contributed by atoms with Crippen LogP contribution >= 0.6 is 34.7 Å². The molecule has 0 bridgehead atoms. The number of aromatic nitrogens is 4. The number of thioether (sulfide) groups is 1. The zero-order valence-corrected chi connectivity index (χ0v) is 11.9. The van der Waals surface area contributed by atoms with Gasteiger partial charge in [-0.2, -0.15) is 4.52 Å². The first-order valence-corrected chi connectivity index (χ1v) is 7.46. The predicted molar refractivity (Wildman–Crippen MR) is 74.4 cm³/mol. The molecule has 0 amide bonds. The van der Waals surface area contributed by atoms with Crippen molar-refractivity contribution in [2.75, 3.05) is 0 Å². The summed E-state index contributed by atoms with van der Waals surface area (Å²) < 4.78 is 2.77. The first kappa shape index (κ1) is 12.0. The summed E-state index contributed by atoms with van der Waals surface area (Å²) in [4.78, 5) is 0.839. The summed E-state index contributed by atoms with van der Waals surface area (Å²) in [6, 6.07) is 7.86. The standard InChI is InChI=1S/C11H9ClN4S2/c1-7-13-14-10-16(7)15-11(18-10)17-6-8-2-4-9(12)5-3-8/h2-5H,6H2,1H3. The third-order valence-electron chi connectivity index (χ3n) is 2.40. The Balaban J connectivity index is 1.74. The van der Waals surface area contributed by atoms with E-state index in [9.17, 15) is 0 Å². The molecule has 3 rings (SSSR count). The monoisotopic (exact) mass is 296 g/mol. The van der Waals surface area contributed by atoms with Crippen LogP contribution in [-0.4, -0.2) is 19.8 Å². The summed E-state index contributed by atoms with van der Waals surface area (Å²) in [5, 5.41) is 13.2. The smallest absolute Gasteiger partial charge is 0.187 e. The van der Waals surface area contributed by atoms with Crippen molar-refractivity contribution >= 4 is 39.7 Å². The van der Waals surface area contributed by atoms with Crippen molar-refractivity contribution in [3.63, 3.8) is 0 Å². The molecule has 0 atom stereocenters. The minimum Gasteiger partial charge on any atom is -0.187 e. The highest BCUT2D eigenvalue weighted by Crippen LogP contribution is 2.27. The second-order valence-corrected chi connectivity index (χ2v) is 6.34. The molecule has 1 aromatic carbocycles. The van der Waals surface area contributed by atoms with Crippen molar-refractivity contribution in [1.82, 2.24) is 19.8 Å². The third-order valence-corrected chi connectivity index (χ3v) is 4.76. The minimum atomic E-state index is 0.762. The van der Waals surface area contributed by atoms with Crippen molar-refractivity contribution in [2.45, 2.75) is 17.0 Å². The van der Waals surface area contributed by atoms with E-state index < -0.39 is 0 Å². The van der Waals surface area contributed by atoms with Gasteiger partial charge in [0.25, 0.3) is 0 Å². The summed E-state index contributed by atoms with van der Waals surface area (Å²) in [6.07, 6.45) is 0. The van der Waals surface area contributed by atoms with E-state index in [4.69, 9.17) is 11.6 Å². The summed E-state index contributed by atoms with van der Waals surface area (Å²) >= 11 is 9.10. The number of aryl methyl sites for hydroxylation is 1. The predicted octanol–water partition coefficient (Wildman–Crippen LogP) is 3.44. The van der Waals surface area contributed by atoms with Crippen LogP contribution < -0.4 is 0 Å². The Hall–Kier alpha value is -1.11. The zero-order valence-electron chi connectivity index (χ0n) is 9.50. The lowest BCUT2D eigenvalue weighted by Crippen LogP contribution is -1.88. The van der Waals surface area contributed by atoms with Crippen molar-refractivity contribution in [3.05, 3.63) is 40.7 Å². The van der Waals surface area contributed by atoms with Crippen molar-refractivity contribution in [1.29, 1.82) is 0 Å². The van der Waals surface area contributed by atoms with Crippen LogP contribution in [0.3, 0.4) is 0 Å². The third kappa shape index (κ3) is 2.36. The molecule has 18 heavy (non-hydrogen) atoms. The van der Waals surface area contributed by atoms with Crippen LogP contribution in [0, 0.1) is 6.92 Å². The van der Waals surface area contributed by atoms with Gasteiger partial charge in [0, 0.05) is 10.8 Å². The lowest BCUT2D eigenvalue weighted by molar-refractivity contribution is 0.855. The van der Waals surface area contributed by atoms with Gasteiger partial charge in [0.1, 0.15) is 0 Å². The zero-order chi connectivity index (χ0) is 12.5. The average Bonchev–Trinajstić information content (AvgIpc) is 2.91. The quantitative estimate of drug-likeness (QED) is 0.694. The summed E-state index contributed by atoms with van der Waals surface area (Å²) in [5.41, 5.74) is 1.23. The fraction of sp³-hybridized carbons (Fsp3) is 0.182. The van der Waals surface area contributed by atoms with Gasteiger partial charge in [-0.05, 0) is 24.6 Å². The van der Waals surface area contributed by atoms with Crippen molar-refractivity contribution < 1.29 is 0 Å². The molecule has 0 saturated heterocycles. The van der Waals surface area contributed by atoms with E-state index in [-0.39, 0.29) is 0 Å². The Morgan fingerprint density at radius 3 is 2.78 bits per heavy atom. The summed E-state index contributed by atoms with van der Waals surface area (Å²) in [7, 11) is 0. The van der Waals surface area contributed by atoms with Crippen LogP contribution in [0.15, 0.2) is 28.6 Å². The van der Waals surface area contributed by atoms with Crippen LogP contribution in [-0.2, 0) is 5.75 Å². The fourth-order valence-electron chi connectivity index (χ4n) is 1.48. The average molecular weight is 297 g/mol.